The molecule has 0 bridgehead atoms. The summed E-state index contributed by atoms with van der Waals surface area (Å²) in [5, 5.41) is 10.5. The fourth-order valence-corrected chi connectivity index (χ4v) is 6.13. The summed E-state index contributed by atoms with van der Waals surface area (Å²) in [5.74, 6) is -1.23. The van der Waals surface area contributed by atoms with E-state index in [1.54, 1.807) is 17.0 Å². The number of nitrogens with zero attached hydrogens (tertiary/aromatic N) is 4. The van der Waals surface area contributed by atoms with Crippen LogP contribution >= 0.6 is 0 Å². The standard InChI is InChI=1S/C29H43N5O8/c1-4-5-10-32(11-6-9-30)25(36)17-34-16-20(19-14-22(40-3)27-23(15-19)41-18-42-27)26(28(37)38)21(34)7-12-33-13-8-24(35)31(2)29(33)39/h14-15,20-21,26H,4-13,16-18,30H2,1-3H3,(H,37,38)/t20-,21+,26-/m1/s1. The van der Waals surface area contributed by atoms with Crippen LogP contribution in [0.2, 0.25) is 0 Å². The van der Waals surface area contributed by atoms with E-state index in [-0.39, 0.29) is 44.7 Å². The summed E-state index contributed by atoms with van der Waals surface area (Å²) in [4.78, 5) is 57.7. The van der Waals surface area contributed by atoms with Crippen molar-refractivity contribution >= 4 is 23.8 Å². The van der Waals surface area contributed by atoms with E-state index in [0.29, 0.717) is 61.8 Å². The topological polar surface area (TPSA) is 155 Å². The van der Waals surface area contributed by atoms with Gasteiger partial charge in [0.1, 0.15) is 0 Å². The number of likely N-dealkylation sites (tertiary alicyclic amines) is 1. The molecule has 2 saturated heterocycles. The number of methoxy groups -OCH3 is 1. The highest BCUT2D eigenvalue weighted by Gasteiger charge is 2.48. The molecule has 4 amide bonds. The molecule has 13 nitrogen and oxygen atoms in total. The van der Waals surface area contributed by atoms with Gasteiger partial charge in [-0.15, -0.1) is 0 Å². The largest absolute Gasteiger partial charge is 0.493 e. The predicted molar refractivity (Wildman–Crippen MR) is 152 cm³/mol. The Morgan fingerprint density at radius 2 is 1.95 bits per heavy atom. The first-order valence-electron chi connectivity index (χ1n) is 14.7. The fraction of sp³-hybridized carbons (Fsp3) is 0.655. The first-order chi connectivity index (χ1) is 20.2. The third-order valence-electron chi connectivity index (χ3n) is 8.47. The van der Waals surface area contributed by atoms with Crippen LogP contribution in [0, 0.1) is 5.92 Å². The Morgan fingerprint density at radius 3 is 2.64 bits per heavy atom. The van der Waals surface area contributed by atoms with E-state index in [1.165, 1.54) is 14.2 Å². The third kappa shape index (κ3) is 6.73. The second kappa shape index (κ2) is 14.1. The van der Waals surface area contributed by atoms with Crippen molar-refractivity contribution in [3.8, 4) is 17.2 Å². The van der Waals surface area contributed by atoms with Gasteiger partial charge >= 0.3 is 12.0 Å². The number of carboxylic acid groups (broad SMARTS) is 1. The molecule has 0 aliphatic carbocycles. The van der Waals surface area contributed by atoms with E-state index in [9.17, 15) is 24.3 Å². The van der Waals surface area contributed by atoms with Crippen LogP contribution in [-0.2, 0) is 14.4 Å². The minimum absolute atomic E-state index is 0.0443. The number of urea groups is 1. The molecule has 3 heterocycles. The summed E-state index contributed by atoms with van der Waals surface area (Å²) < 4.78 is 16.7. The number of carbonyl (C=O) groups is 4. The highest BCUT2D eigenvalue weighted by molar-refractivity contribution is 5.96. The predicted octanol–water partition coefficient (Wildman–Crippen LogP) is 1.54. The van der Waals surface area contributed by atoms with Gasteiger partial charge < -0.3 is 34.9 Å². The Bertz CT molecular complexity index is 1160. The minimum atomic E-state index is -0.986. The average Bonchev–Trinajstić information content (AvgIpc) is 3.60. The van der Waals surface area contributed by atoms with E-state index in [0.717, 1.165) is 17.7 Å². The number of aliphatic carboxylic acids is 1. The van der Waals surface area contributed by atoms with E-state index < -0.39 is 29.9 Å². The summed E-state index contributed by atoms with van der Waals surface area (Å²) in [5.41, 5.74) is 6.44. The van der Waals surface area contributed by atoms with Gasteiger partial charge in [0.2, 0.25) is 24.4 Å². The molecule has 3 N–H and O–H groups in total. The lowest BCUT2D eigenvalue weighted by Gasteiger charge is -2.34. The van der Waals surface area contributed by atoms with Gasteiger partial charge in [-0.2, -0.15) is 0 Å². The van der Waals surface area contributed by atoms with Crippen LogP contribution in [0.3, 0.4) is 0 Å². The molecule has 0 aromatic heterocycles. The first kappa shape index (κ1) is 31.4. The van der Waals surface area contributed by atoms with Gasteiger partial charge in [0, 0.05) is 58.2 Å². The van der Waals surface area contributed by atoms with Crippen LogP contribution < -0.4 is 19.9 Å². The molecule has 1 aromatic rings. The number of unbranched alkanes of at least 4 members (excludes halogenated alkanes) is 1. The number of benzene rings is 1. The third-order valence-corrected chi connectivity index (χ3v) is 8.47. The Morgan fingerprint density at radius 1 is 1.19 bits per heavy atom. The maximum Gasteiger partial charge on any atom is 0.326 e. The smallest absolute Gasteiger partial charge is 0.326 e. The Kier molecular flexibility index (Phi) is 10.5. The Hall–Kier alpha value is -3.58. The van der Waals surface area contributed by atoms with Gasteiger partial charge in [-0.25, -0.2) is 4.79 Å². The number of amides is 4. The zero-order chi connectivity index (χ0) is 30.4. The van der Waals surface area contributed by atoms with Crippen LogP contribution in [0.5, 0.6) is 17.2 Å². The molecule has 0 radical (unpaired) electrons. The van der Waals surface area contributed by atoms with Crippen LogP contribution in [-0.4, -0.2) is 121 Å². The van der Waals surface area contributed by atoms with Crippen molar-refractivity contribution in [3.63, 3.8) is 0 Å². The molecule has 42 heavy (non-hydrogen) atoms. The highest BCUT2D eigenvalue weighted by Crippen LogP contribution is 2.47. The van der Waals surface area contributed by atoms with Crippen LogP contribution in [0.4, 0.5) is 4.79 Å². The zero-order valence-corrected chi connectivity index (χ0v) is 24.8. The summed E-state index contributed by atoms with van der Waals surface area (Å²) in [6, 6.07) is 2.63. The van der Waals surface area contributed by atoms with Crippen LogP contribution in [0.1, 0.15) is 50.5 Å². The van der Waals surface area contributed by atoms with E-state index >= 15 is 0 Å². The van der Waals surface area contributed by atoms with E-state index in [4.69, 9.17) is 19.9 Å². The van der Waals surface area contributed by atoms with Gasteiger partial charge in [0.15, 0.2) is 11.5 Å². The molecule has 4 rings (SSSR count). The normalized spacial score (nSPS) is 22.1. The molecule has 3 atom stereocenters. The molecule has 232 valence electrons. The lowest BCUT2D eigenvalue weighted by atomic mass is 9.84. The van der Waals surface area contributed by atoms with Crippen molar-refractivity contribution < 1.29 is 38.5 Å². The maximum atomic E-state index is 13.6. The number of fused-ring (bicyclic) bond motifs is 1. The number of nitrogens with two attached hydrogens (primary N) is 1. The van der Waals surface area contributed by atoms with Crippen molar-refractivity contribution in [2.75, 3.05) is 66.8 Å². The number of rotatable bonds is 14. The second-order valence-corrected chi connectivity index (χ2v) is 11.1. The quantitative estimate of drug-likeness (QED) is 0.326. The molecule has 13 heteroatoms. The van der Waals surface area contributed by atoms with E-state index in [1.807, 2.05) is 9.80 Å². The lowest BCUT2D eigenvalue weighted by Crippen LogP contribution is -2.52. The monoisotopic (exact) mass is 589 g/mol. The fourth-order valence-electron chi connectivity index (χ4n) is 6.13. The van der Waals surface area contributed by atoms with Gasteiger partial charge in [0.25, 0.3) is 0 Å². The lowest BCUT2D eigenvalue weighted by molar-refractivity contribution is -0.144. The van der Waals surface area contributed by atoms with Crippen molar-refractivity contribution in [1.29, 1.82) is 0 Å². The number of hydrogen-bond acceptors (Lipinski definition) is 9. The van der Waals surface area contributed by atoms with Crippen molar-refractivity contribution in [2.45, 2.75) is 51.0 Å². The second-order valence-electron chi connectivity index (χ2n) is 11.1. The summed E-state index contributed by atoms with van der Waals surface area (Å²) in [6.07, 6.45) is 3.02. The number of carboxylic acids is 1. The Labute approximate surface area is 246 Å². The zero-order valence-electron chi connectivity index (χ0n) is 24.8. The molecular weight excluding hydrogens is 546 g/mol. The molecule has 0 unspecified atom stereocenters. The van der Waals surface area contributed by atoms with Gasteiger partial charge in [-0.1, -0.05) is 13.3 Å². The highest BCUT2D eigenvalue weighted by atomic mass is 16.7. The SMILES string of the molecule is CCCCN(CCCN)C(=O)CN1C[C@H](c2cc(OC)c3c(c2)OCO3)[C@@H](C(=O)O)[C@@H]1CCN1CCC(=O)N(C)C1=O. The molecule has 0 spiro atoms. The molecule has 2 fully saturated rings. The summed E-state index contributed by atoms with van der Waals surface area (Å²) >= 11 is 0. The number of imide groups is 1. The maximum absolute atomic E-state index is 13.6. The average molecular weight is 590 g/mol. The molecule has 3 aliphatic heterocycles. The molecule has 0 saturated carbocycles. The number of hydrogen-bond donors (Lipinski definition) is 2. The number of ether oxygens (including phenoxy) is 3. The molecular formula is C29H43N5O8. The van der Waals surface area contributed by atoms with Crippen LogP contribution in [0.15, 0.2) is 12.1 Å². The van der Waals surface area contributed by atoms with Gasteiger partial charge in [-0.3, -0.25) is 24.2 Å². The summed E-state index contributed by atoms with van der Waals surface area (Å²) in [6.45, 7) is 4.65. The Balaban J connectivity index is 1.63. The minimum Gasteiger partial charge on any atom is -0.493 e. The van der Waals surface area contributed by atoms with Crippen molar-refractivity contribution in [1.82, 2.24) is 19.6 Å². The number of carbonyl (C=O) groups excluding carboxylic acids is 3. The van der Waals surface area contributed by atoms with E-state index in [2.05, 4.69) is 6.92 Å². The summed E-state index contributed by atoms with van der Waals surface area (Å²) in [7, 11) is 2.97. The van der Waals surface area contributed by atoms with Gasteiger partial charge in [-0.05, 0) is 43.5 Å². The van der Waals surface area contributed by atoms with Crippen LogP contribution in [0.25, 0.3) is 0 Å². The first-order valence-corrected chi connectivity index (χ1v) is 14.7. The van der Waals surface area contributed by atoms with Crippen molar-refractivity contribution in [3.05, 3.63) is 17.7 Å². The molecule has 1 aromatic carbocycles. The molecule has 3 aliphatic rings. The van der Waals surface area contributed by atoms with Crippen molar-refractivity contribution in [2.24, 2.45) is 11.7 Å². The van der Waals surface area contributed by atoms with Gasteiger partial charge in [0.05, 0.1) is 19.6 Å².